The normalized spacial score (nSPS) is 20.4. The Morgan fingerprint density at radius 1 is 1.16 bits per heavy atom. The summed E-state index contributed by atoms with van der Waals surface area (Å²) in [5, 5.41) is 0. The Bertz CT molecular complexity index is 948. The lowest BCUT2D eigenvalue weighted by Crippen LogP contribution is -2.40. The lowest BCUT2D eigenvalue weighted by molar-refractivity contribution is -0.116. The molecule has 1 atom stereocenters. The second kappa shape index (κ2) is 5.71. The zero-order valence-corrected chi connectivity index (χ0v) is 15.2. The van der Waals surface area contributed by atoms with Gasteiger partial charge >= 0.3 is 0 Å². The van der Waals surface area contributed by atoms with E-state index in [2.05, 4.69) is 4.57 Å². The fourth-order valence-electron chi connectivity index (χ4n) is 3.89. The van der Waals surface area contributed by atoms with Crippen LogP contribution in [0.1, 0.15) is 31.1 Å². The van der Waals surface area contributed by atoms with Gasteiger partial charge < -0.3 is 9.47 Å². The van der Waals surface area contributed by atoms with Crippen LogP contribution in [0.3, 0.4) is 0 Å². The molecule has 0 radical (unpaired) electrons. The van der Waals surface area contributed by atoms with E-state index >= 15 is 0 Å². The third-order valence-corrected chi connectivity index (χ3v) is 7.19. The van der Waals surface area contributed by atoms with Crippen molar-refractivity contribution in [2.24, 2.45) is 0 Å². The van der Waals surface area contributed by atoms with Crippen LogP contribution in [0.25, 0.3) is 0 Å². The Morgan fingerprint density at radius 2 is 1.96 bits per heavy atom. The van der Waals surface area contributed by atoms with Crippen LogP contribution in [0, 0.1) is 0 Å². The Hall–Kier alpha value is -2.12. The molecule has 2 aliphatic rings. The summed E-state index contributed by atoms with van der Waals surface area (Å²) in [5.41, 5.74) is 2.76. The molecule has 132 valence electrons. The van der Waals surface area contributed by atoms with Gasteiger partial charge in [-0.1, -0.05) is 0 Å². The maximum atomic E-state index is 13.2. The number of amides is 1. The highest BCUT2D eigenvalue weighted by Gasteiger charge is 2.35. The number of anilines is 1. The summed E-state index contributed by atoms with van der Waals surface area (Å²) in [6.07, 6.45) is 2.68. The maximum Gasteiger partial charge on any atom is 0.243 e. The number of sulfonamides is 1. The van der Waals surface area contributed by atoms with Crippen molar-refractivity contribution in [1.82, 2.24) is 8.87 Å². The molecule has 4 rings (SSSR count). The molecule has 0 N–H and O–H groups in total. The summed E-state index contributed by atoms with van der Waals surface area (Å²) in [7, 11) is -3.57. The van der Waals surface area contributed by atoms with Crippen LogP contribution in [0.4, 0.5) is 5.69 Å². The summed E-state index contributed by atoms with van der Waals surface area (Å²) in [5.74, 6) is -0.0141. The number of carbonyl (C=O) groups is 1. The summed E-state index contributed by atoms with van der Waals surface area (Å²) in [4.78, 5) is 13.7. The number of nitrogens with zero attached hydrogens (tertiary/aromatic N) is 3. The van der Waals surface area contributed by atoms with E-state index in [1.807, 2.05) is 25.3 Å². The molecule has 0 saturated heterocycles. The number of fused-ring (bicyclic) bond motifs is 2. The van der Waals surface area contributed by atoms with Crippen molar-refractivity contribution in [1.29, 1.82) is 0 Å². The van der Waals surface area contributed by atoms with Gasteiger partial charge in [0.05, 0.1) is 10.9 Å². The molecule has 3 heterocycles. The van der Waals surface area contributed by atoms with Crippen molar-refractivity contribution in [3.05, 3.63) is 47.8 Å². The standard InChI is InChI=1S/C18H21N3O3S/c1-13-17-4-3-8-19(17)10-11-21(13)25(23,24)16-5-6-18-15(12-16)7-9-20(18)14(2)22/h3-6,8,12-13H,7,9-11H2,1-2H3. The van der Waals surface area contributed by atoms with Crippen LogP contribution in [0.15, 0.2) is 41.4 Å². The van der Waals surface area contributed by atoms with Crippen molar-refractivity contribution in [3.63, 3.8) is 0 Å². The predicted molar refractivity (Wildman–Crippen MR) is 94.9 cm³/mol. The maximum absolute atomic E-state index is 13.2. The molecule has 1 aromatic carbocycles. The Morgan fingerprint density at radius 3 is 2.72 bits per heavy atom. The first-order valence-corrected chi connectivity index (χ1v) is 9.91. The molecule has 6 nitrogen and oxygen atoms in total. The molecule has 2 aliphatic heterocycles. The lowest BCUT2D eigenvalue weighted by atomic mass is 10.2. The molecule has 0 saturated carbocycles. The number of rotatable bonds is 2. The first-order valence-electron chi connectivity index (χ1n) is 8.47. The SMILES string of the molecule is CC(=O)N1CCc2cc(S(=O)(=O)N3CCn4cccc4C3C)ccc21. The van der Waals surface area contributed by atoms with Crippen molar-refractivity contribution >= 4 is 21.6 Å². The van der Waals surface area contributed by atoms with Gasteiger partial charge in [0, 0.05) is 44.1 Å². The highest BCUT2D eigenvalue weighted by molar-refractivity contribution is 7.89. The average Bonchev–Trinajstić information content (AvgIpc) is 3.21. The molecule has 1 amide bonds. The minimum absolute atomic E-state index is 0.0141. The fraction of sp³-hybridized carbons (Fsp3) is 0.389. The fourth-order valence-corrected chi connectivity index (χ4v) is 5.54. The van der Waals surface area contributed by atoms with E-state index in [1.54, 1.807) is 27.4 Å². The van der Waals surface area contributed by atoms with Gasteiger partial charge in [-0.25, -0.2) is 8.42 Å². The van der Waals surface area contributed by atoms with Crippen LogP contribution in [-0.2, 0) is 27.8 Å². The Balaban J connectivity index is 1.69. The molecule has 2 aromatic rings. The van der Waals surface area contributed by atoms with Crippen LogP contribution < -0.4 is 4.90 Å². The van der Waals surface area contributed by atoms with E-state index in [-0.39, 0.29) is 11.9 Å². The number of hydrogen-bond donors (Lipinski definition) is 0. The topological polar surface area (TPSA) is 62.6 Å². The Kier molecular flexibility index (Phi) is 3.73. The number of benzene rings is 1. The molecule has 7 heteroatoms. The molecule has 25 heavy (non-hydrogen) atoms. The monoisotopic (exact) mass is 359 g/mol. The summed E-state index contributed by atoms with van der Waals surface area (Å²) >= 11 is 0. The first-order chi connectivity index (χ1) is 11.9. The highest BCUT2D eigenvalue weighted by atomic mass is 32.2. The molecular weight excluding hydrogens is 338 g/mol. The van der Waals surface area contributed by atoms with Crippen LogP contribution in [-0.4, -0.2) is 36.3 Å². The zero-order valence-electron chi connectivity index (χ0n) is 14.3. The van der Waals surface area contributed by atoms with Crippen molar-refractivity contribution in [3.8, 4) is 0 Å². The minimum atomic E-state index is -3.57. The van der Waals surface area contributed by atoms with Gasteiger partial charge in [0.15, 0.2) is 0 Å². The molecule has 0 aliphatic carbocycles. The van der Waals surface area contributed by atoms with Gasteiger partial charge in [-0.05, 0) is 49.2 Å². The number of hydrogen-bond acceptors (Lipinski definition) is 3. The molecule has 0 bridgehead atoms. The van der Waals surface area contributed by atoms with Gasteiger partial charge in [-0.15, -0.1) is 0 Å². The van der Waals surface area contributed by atoms with Gasteiger partial charge in [-0.2, -0.15) is 4.31 Å². The van der Waals surface area contributed by atoms with Crippen LogP contribution in [0.5, 0.6) is 0 Å². The second-order valence-corrected chi connectivity index (χ2v) is 8.52. The van der Waals surface area contributed by atoms with Gasteiger partial charge in [0.1, 0.15) is 0 Å². The van der Waals surface area contributed by atoms with E-state index in [4.69, 9.17) is 0 Å². The number of aromatic nitrogens is 1. The van der Waals surface area contributed by atoms with Gasteiger partial charge in [0.25, 0.3) is 0 Å². The second-order valence-electron chi connectivity index (χ2n) is 6.63. The van der Waals surface area contributed by atoms with Crippen molar-refractivity contribution in [2.75, 3.05) is 18.0 Å². The van der Waals surface area contributed by atoms with E-state index in [1.165, 1.54) is 6.92 Å². The van der Waals surface area contributed by atoms with Crippen molar-refractivity contribution < 1.29 is 13.2 Å². The quantitative estimate of drug-likeness (QED) is 0.825. The Labute approximate surface area is 147 Å². The van der Waals surface area contributed by atoms with Crippen LogP contribution in [0.2, 0.25) is 0 Å². The summed E-state index contributed by atoms with van der Waals surface area (Å²) < 4.78 is 30.0. The van der Waals surface area contributed by atoms with E-state index in [0.717, 1.165) is 16.9 Å². The molecule has 0 spiro atoms. The van der Waals surface area contributed by atoms with Crippen molar-refractivity contribution in [2.45, 2.75) is 37.8 Å². The highest BCUT2D eigenvalue weighted by Crippen LogP contribution is 2.34. The first kappa shape index (κ1) is 16.4. The minimum Gasteiger partial charge on any atom is -0.349 e. The van der Waals surface area contributed by atoms with E-state index in [9.17, 15) is 13.2 Å². The third-order valence-electron chi connectivity index (χ3n) is 5.22. The van der Waals surface area contributed by atoms with Gasteiger partial charge in [-0.3, -0.25) is 4.79 Å². The summed E-state index contributed by atoms with van der Waals surface area (Å²) in [6.45, 7) is 5.19. The van der Waals surface area contributed by atoms with E-state index in [0.29, 0.717) is 31.0 Å². The van der Waals surface area contributed by atoms with Crippen LogP contribution >= 0.6 is 0 Å². The third kappa shape index (κ3) is 2.49. The molecule has 0 fully saturated rings. The zero-order chi connectivity index (χ0) is 17.8. The molecule has 1 aromatic heterocycles. The molecule has 1 unspecified atom stereocenters. The van der Waals surface area contributed by atoms with Gasteiger partial charge in [0.2, 0.25) is 15.9 Å². The smallest absolute Gasteiger partial charge is 0.243 e. The van der Waals surface area contributed by atoms with E-state index < -0.39 is 10.0 Å². The molecular formula is C18H21N3O3S. The largest absolute Gasteiger partial charge is 0.349 e. The lowest BCUT2D eigenvalue weighted by Gasteiger charge is -2.34. The predicted octanol–water partition coefficient (Wildman–Crippen LogP) is 2.16. The summed E-state index contributed by atoms with van der Waals surface area (Å²) in [6, 6.07) is 8.83. The average molecular weight is 359 g/mol. The number of carbonyl (C=O) groups excluding carboxylic acids is 1.